The highest BCUT2D eigenvalue weighted by Gasteiger charge is 2.21. The first-order chi connectivity index (χ1) is 16.5. The van der Waals surface area contributed by atoms with Crippen molar-refractivity contribution in [1.82, 2.24) is 5.32 Å². The van der Waals surface area contributed by atoms with Crippen LogP contribution in [0, 0.1) is 6.92 Å². The maximum Gasteiger partial charge on any atom is 0.261 e. The summed E-state index contributed by atoms with van der Waals surface area (Å²) in [6.45, 7) is 4.22. The average molecular weight is 480 g/mol. The molecule has 0 saturated carbocycles. The van der Waals surface area contributed by atoms with Crippen LogP contribution in [0.15, 0.2) is 66.7 Å². The molecule has 7 nitrogen and oxygen atoms in total. The number of aliphatic hydroxyl groups is 1. The van der Waals surface area contributed by atoms with Gasteiger partial charge in [-0.25, -0.2) is 0 Å². The standard InChI is InChI=1S/C26H29N3O4S/c1-19-7-12-24(34-19)26(32)27-15-23(30)17-28(16-20-5-3-2-4-6-20)21-8-10-22(11-9-21)29-13-14-33-18-25(29)31/h2-12,23,30H,13-18H2,1H3,(H,27,32)/t23-/m0/s1. The van der Waals surface area contributed by atoms with Gasteiger partial charge in [-0.15, -0.1) is 11.3 Å². The van der Waals surface area contributed by atoms with Gasteiger partial charge in [0.05, 0.1) is 17.6 Å². The topological polar surface area (TPSA) is 82.1 Å². The van der Waals surface area contributed by atoms with E-state index < -0.39 is 6.10 Å². The van der Waals surface area contributed by atoms with E-state index in [1.165, 1.54) is 11.3 Å². The first-order valence-corrected chi connectivity index (χ1v) is 12.1. The van der Waals surface area contributed by atoms with Gasteiger partial charge in [0.25, 0.3) is 11.8 Å². The van der Waals surface area contributed by atoms with E-state index >= 15 is 0 Å². The smallest absolute Gasteiger partial charge is 0.261 e. The minimum Gasteiger partial charge on any atom is -0.389 e. The SMILES string of the molecule is Cc1ccc(C(=O)NC[C@H](O)CN(Cc2ccccc2)c2ccc(N3CCOCC3=O)cc2)s1. The Labute approximate surface area is 203 Å². The fraction of sp³-hybridized carbons (Fsp3) is 0.308. The van der Waals surface area contributed by atoms with Gasteiger partial charge in [0.1, 0.15) is 6.61 Å². The van der Waals surface area contributed by atoms with Crippen LogP contribution >= 0.6 is 11.3 Å². The lowest BCUT2D eigenvalue weighted by molar-refractivity contribution is -0.125. The number of anilines is 2. The number of carbonyl (C=O) groups is 2. The number of nitrogens with zero attached hydrogens (tertiary/aromatic N) is 2. The van der Waals surface area contributed by atoms with E-state index in [4.69, 9.17) is 4.74 Å². The van der Waals surface area contributed by atoms with Crippen molar-refractivity contribution in [2.75, 3.05) is 42.6 Å². The van der Waals surface area contributed by atoms with Crippen molar-refractivity contribution in [3.8, 4) is 0 Å². The molecule has 1 aliphatic heterocycles. The molecule has 0 aliphatic carbocycles. The minimum absolute atomic E-state index is 0.0489. The number of hydrogen-bond donors (Lipinski definition) is 2. The summed E-state index contributed by atoms with van der Waals surface area (Å²) in [5, 5.41) is 13.6. The lowest BCUT2D eigenvalue weighted by atomic mass is 10.1. The molecule has 1 aromatic heterocycles. The third-order valence-electron chi connectivity index (χ3n) is 5.62. The van der Waals surface area contributed by atoms with Gasteiger partial charge in [-0.1, -0.05) is 30.3 Å². The number of aryl methyl sites for hydroxylation is 1. The summed E-state index contributed by atoms with van der Waals surface area (Å²) >= 11 is 1.43. The highest BCUT2D eigenvalue weighted by atomic mass is 32.1. The summed E-state index contributed by atoms with van der Waals surface area (Å²) in [4.78, 5) is 30.0. The van der Waals surface area contributed by atoms with E-state index in [0.29, 0.717) is 31.1 Å². The van der Waals surface area contributed by atoms with E-state index in [2.05, 4.69) is 10.2 Å². The average Bonchev–Trinajstić information content (AvgIpc) is 3.30. The van der Waals surface area contributed by atoms with Crippen LogP contribution in [0.2, 0.25) is 0 Å². The molecule has 2 aromatic carbocycles. The van der Waals surface area contributed by atoms with Crippen molar-refractivity contribution in [3.05, 3.63) is 82.0 Å². The molecule has 2 heterocycles. The van der Waals surface area contributed by atoms with Crippen LogP contribution in [0.25, 0.3) is 0 Å². The second-order valence-electron chi connectivity index (χ2n) is 8.25. The monoisotopic (exact) mass is 479 g/mol. The van der Waals surface area contributed by atoms with Crippen LogP contribution in [-0.4, -0.2) is 55.9 Å². The van der Waals surface area contributed by atoms with Gasteiger partial charge in [-0.05, 0) is 48.9 Å². The number of benzene rings is 2. The molecule has 2 amide bonds. The zero-order valence-corrected chi connectivity index (χ0v) is 20.0. The number of ether oxygens (including phenoxy) is 1. The number of morpholine rings is 1. The molecule has 0 spiro atoms. The molecule has 1 aliphatic rings. The van der Waals surface area contributed by atoms with Crippen molar-refractivity contribution in [1.29, 1.82) is 0 Å². The Hall–Kier alpha value is -3.20. The van der Waals surface area contributed by atoms with Crippen LogP contribution in [0.1, 0.15) is 20.1 Å². The lowest BCUT2D eigenvalue weighted by Gasteiger charge is -2.30. The molecular weight excluding hydrogens is 450 g/mol. The van der Waals surface area contributed by atoms with Crippen LogP contribution in [0.5, 0.6) is 0 Å². The molecule has 0 unspecified atom stereocenters. The van der Waals surface area contributed by atoms with Gasteiger partial charge in [-0.3, -0.25) is 9.59 Å². The number of hydrogen-bond acceptors (Lipinski definition) is 6. The van der Waals surface area contributed by atoms with Crippen molar-refractivity contribution in [2.45, 2.75) is 19.6 Å². The summed E-state index contributed by atoms with van der Waals surface area (Å²) in [5.41, 5.74) is 2.86. The van der Waals surface area contributed by atoms with Crippen molar-refractivity contribution in [3.63, 3.8) is 0 Å². The van der Waals surface area contributed by atoms with E-state index in [9.17, 15) is 14.7 Å². The maximum atomic E-state index is 12.4. The van der Waals surface area contributed by atoms with Crippen molar-refractivity contribution < 1.29 is 19.4 Å². The molecule has 0 bridgehead atoms. The Morgan fingerprint density at radius 1 is 1.15 bits per heavy atom. The molecule has 2 N–H and O–H groups in total. The fourth-order valence-electron chi connectivity index (χ4n) is 3.87. The van der Waals surface area contributed by atoms with Crippen LogP contribution in [-0.2, 0) is 16.1 Å². The van der Waals surface area contributed by atoms with Gasteiger partial charge >= 0.3 is 0 Å². The van der Waals surface area contributed by atoms with Gasteiger partial charge in [-0.2, -0.15) is 0 Å². The number of rotatable bonds is 9. The highest BCUT2D eigenvalue weighted by molar-refractivity contribution is 7.13. The summed E-state index contributed by atoms with van der Waals surface area (Å²) in [6, 6.07) is 21.5. The largest absolute Gasteiger partial charge is 0.389 e. The van der Waals surface area contributed by atoms with Crippen molar-refractivity contribution in [2.24, 2.45) is 0 Å². The van der Waals surface area contributed by atoms with Crippen LogP contribution < -0.4 is 15.1 Å². The molecule has 1 atom stereocenters. The number of thiophene rings is 1. The summed E-state index contributed by atoms with van der Waals surface area (Å²) in [6.07, 6.45) is -0.755. The van der Waals surface area contributed by atoms with Gasteiger partial charge in [0, 0.05) is 42.4 Å². The predicted octanol–water partition coefficient (Wildman–Crippen LogP) is 3.22. The Kier molecular flexibility index (Phi) is 7.95. The van der Waals surface area contributed by atoms with Crippen LogP contribution in [0.3, 0.4) is 0 Å². The molecular formula is C26H29N3O4S. The third-order valence-corrected chi connectivity index (χ3v) is 6.62. The van der Waals surface area contributed by atoms with E-state index in [0.717, 1.165) is 21.8 Å². The fourth-order valence-corrected chi connectivity index (χ4v) is 4.66. The Bertz CT molecular complexity index is 1100. The number of carbonyl (C=O) groups excluding carboxylic acids is 2. The molecule has 1 saturated heterocycles. The van der Waals surface area contributed by atoms with E-state index in [-0.39, 0.29) is 25.0 Å². The van der Waals surface area contributed by atoms with Gasteiger partial charge in [0.15, 0.2) is 0 Å². The summed E-state index contributed by atoms with van der Waals surface area (Å²) < 4.78 is 5.22. The van der Waals surface area contributed by atoms with Gasteiger partial charge < -0.3 is 25.0 Å². The Morgan fingerprint density at radius 3 is 2.59 bits per heavy atom. The number of aliphatic hydroxyl groups excluding tert-OH is 1. The second kappa shape index (κ2) is 11.3. The normalized spacial score (nSPS) is 14.6. The summed E-state index contributed by atoms with van der Waals surface area (Å²) in [5.74, 6) is -0.224. The second-order valence-corrected chi connectivity index (χ2v) is 9.54. The molecule has 178 valence electrons. The molecule has 8 heteroatoms. The molecule has 0 radical (unpaired) electrons. The van der Waals surface area contributed by atoms with E-state index in [1.54, 1.807) is 11.0 Å². The molecule has 3 aromatic rings. The Morgan fingerprint density at radius 2 is 1.91 bits per heavy atom. The zero-order valence-electron chi connectivity index (χ0n) is 19.1. The molecule has 1 fully saturated rings. The number of nitrogens with one attached hydrogen (secondary N) is 1. The first-order valence-electron chi connectivity index (χ1n) is 11.3. The third kappa shape index (κ3) is 6.22. The zero-order chi connectivity index (χ0) is 23.9. The quantitative estimate of drug-likeness (QED) is 0.493. The maximum absolute atomic E-state index is 12.4. The minimum atomic E-state index is -0.755. The lowest BCUT2D eigenvalue weighted by Crippen LogP contribution is -2.41. The van der Waals surface area contributed by atoms with E-state index in [1.807, 2.05) is 67.6 Å². The first kappa shape index (κ1) is 23.9. The highest BCUT2D eigenvalue weighted by Crippen LogP contribution is 2.24. The van der Waals surface area contributed by atoms with Gasteiger partial charge in [0.2, 0.25) is 0 Å². The predicted molar refractivity (Wildman–Crippen MR) is 135 cm³/mol. The molecule has 34 heavy (non-hydrogen) atoms. The number of amides is 2. The summed E-state index contributed by atoms with van der Waals surface area (Å²) in [7, 11) is 0. The Balaban J connectivity index is 1.44. The molecule has 4 rings (SSSR count). The van der Waals surface area contributed by atoms with Crippen LogP contribution in [0.4, 0.5) is 11.4 Å². The van der Waals surface area contributed by atoms with Crippen molar-refractivity contribution >= 4 is 34.5 Å².